The van der Waals surface area contributed by atoms with Crippen molar-refractivity contribution in [2.24, 2.45) is 5.92 Å². The molecule has 0 spiro atoms. The second kappa shape index (κ2) is 5.42. The number of hydrogen-bond acceptors (Lipinski definition) is 2. The molecule has 1 aromatic rings. The lowest BCUT2D eigenvalue weighted by Gasteiger charge is -2.38. The summed E-state index contributed by atoms with van der Waals surface area (Å²) in [5, 5.41) is 9.70. The molecule has 3 nitrogen and oxygen atoms in total. The summed E-state index contributed by atoms with van der Waals surface area (Å²) in [7, 11) is 0. The number of piperidine rings is 1. The van der Waals surface area contributed by atoms with E-state index in [-0.39, 0.29) is 11.7 Å². The first kappa shape index (κ1) is 12.9. The zero-order valence-electron chi connectivity index (χ0n) is 11.1. The molecule has 2 atom stereocenters. The summed E-state index contributed by atoms with van der Waals surface area (Å²) in [5.74, 6) is 0.895. The van der Waals surface area contributed by atoms with Crippen molar-refractivity contribution in [3.8, 4) is 5.75 Å². The van der Waals surface area contributed by atoms with Crippen LogP contribution in [0, 0.1) is 5.92 Å². The van der Waals surface area contributed by atoms with Crippen molar-refractivity contribution < 1.29 is 9.90 Å². The summed E-state index contributed by atoms with van der Waals surface area (Å²) < 4.78 is 0. The van der Waals surface area contributed by atoms with Gasteiger partial charge in [-0.25, -0.2) is 0 Å². The number of carbonyl (C=O) groups excluding carboxylic acids is 1. The van der Waals surface area contributed by atoms with E-state index in [0.717, 1.165) is 13.0 Å². The van der Waals surface area contributed by atoms with Crippen molar-refractivity contribution in [2.75, 3.05) is 6.54 Å². The molecular weight excluding hydrogens is 226 g/mol. The molecule has 1 aromatic carbocycles. The number of benzene rings is 1. The third-order valence-corrected chi connectivity index (χ3v) is 4.03. The van der Waals surface area contributed by atoms with Crippen LogP contribution < -0.4 is 0 Å². The van der Waals surface area contributed by atoms with E-state index in [0.29, 0.717) is 23.9 Å². The lowest BCUT2D eigenvalue weighted by atomic mass is 9.91. The number of nitrogens with zero attached hydrogens (tertiary/aromatic N) is 1. The van der Waals surface area contributed by atoms with Gasteiger partial charge in [0.05, 0.1) is 6.42 Å². The highest BCUT2D eigenvalue weighted by Crippen LogP contribution is 2.24. The molecule has 2 unspecified atom stereocenters. The van der Waals surface area contributed by atoms with Gasteiger partial charge in [0.25, 0.3) is 0 Å². The Hall–Kier alpha value is -1.51. The fourth-order valence-corrected chi connectivity index (χ4v) is 2.61. The molecule has 3 heteroatoms. The maximum absolute atomic E-state index is 12.3. The van der Waals surface area contributed by atoms with Gasteiger partial charge in [0.15, 0.2) is 0 Å². The van der Waals surface area contributed by atoms with Crippen molar-refractivity contribution in [3.63, 3.8) is 0 Å². The van der Waals surface area contributed by atoms with Crippen molar-refractivity contribution in [3.05, 3.63) is 29.8 Å². The normalized spacial score (nSPS) is 24.0. The van der Waals surface area contributed by atoms with Crippen LogP contribution in [0.25, 0.3) is 0 Å². The van der Waals surface area contributed by atoms with Gasteiger partial charge in [-0.05, 0) is 31.7 Å². The van der Waals surface area contributed by atoms with Gasteiger partial charge in [-0.1, -0.05) is 25.1 Å². The number of carbonyl (C=O) groups is 1. The lowest BCUT2D eigenvalue weighted by molar-refractivity contribution is -0.135. The first-order chi connectivity index (χ1) is 8.59. The van der Waals surface area contributed by atoms with Gasteiger partial charge >= 0.3 is 0 Å². The maximum atomic E-state index is 12.3. The highest BCUT2D eigenvalue weighted by molar-refractivity contribution is 5.79. The van der Waals surface area contributed by atoms with Crippen LogP contribution in [0.15, 0.2) is 24.3 Å². The van der Waals surface area contributed by atoms with Crippen LogP contribution in [0.5, 0.6) is 5.75 Å². The molecule has 2 rings (SSSR count). The third-order valence-electron chi connectivity index (χ3n) is 4.03. The minimum Gasteiger partial charge on any atom is -0.508 e. The second-order valence-corrected chi connectivity index (χ2v) is 5.25. The Morgan fingerprint density at radius 2 is 2.11 bits per heavy atom. The van der Waals surface area contributed by atoms with E-state index in [9.17, 15) is 9.90 Å². The molecule has 1 fully saturated rings. The van der Waals surface area contributed by atoms with Crippen molar-refractivity contribution >= 4 is 5.91 Å². The first-order valence-electron chi connectivity index (χ1n) is 6.66. The number of hydrogen-bond donors (Lipinski definition) is 1. The van der Waals surface area contributed by atoms with Gasteiger partial charge in [0, 0.05) is 18.2 Å². The summed E-state index contributed by atoms with van der Waals surface area (Å²) in [6.45, 7) is 5.16. The lowest BCUT2D eigenvalue weighted by Crippen LogP contribution is -2.46. The average Bonchev–Trinajstić information content (AvgIpc) is 2.35. The van der Waals surface area contributed by atoms with Crippen molar-refractivity contribution in [1.29, 1.82) is 0 Å². The highest BCUT2D eigenvalue weighted by Gasteiger charge is 2.28. The predicted molar refractivity (Wildman–Crippen MR) is 71.4 cm³/mol. The van der Waals surface area contributed by atoms with Crippen molar-refractivity contribution in [1.82, 2.24) is 4.90 Å². The summed E-state index contributed by atoms with van der Waals surface area (Å²) >= 11 is 0. The fourth-order valence-electron chi connectivity index (χ4n) is 2.61. The third kappa shape index (κ3) is 2.66. The van der Waals surface area contributed by atoms with Gasteiger partial charge in [-0.15, -0.1) is 0 Å². The zero-order valence-corrected chi connectivity index (χ0v) is 11.1. The van der Waals surface area contributed by atoms with Gasteiger partial charge in [-0.3, -0.25) is 4.79 Å². The Labute approximate surface area is 108 Å². The Kier molecular flexibility index (Phi) is 3.90. The van der Waals surface area contributed by atoms with Crippen LogP contribution >= 0.6 is 0 Å². The summed E-state index contributed by atoms with van der Waals surface area (Å²) in [5.41, 5.74) is 0.716. The van der Waals surface area contributed by atoms with E-state index in [2.05, 4.69) is 13.8 Å². The van der Waals surface area contributed by atoms with E-state index >= 15 is 0 Å². The molecular formula is C15H21NO2. The Balaban J connectivity index is 2.06. The van der Waals surface area contributed by atoms with E-state index < -0.39 is 0 Å². The molecule has 1 aliphatic heterocycles. The molecule has 1 aliphatic rings. The molecule has 1 amide bonds. The number of rotatable bonds is 2. The van der Waals surface area contributed by atoms with Crippen LogP contribution in [0.2, 0.25) is 0 Å². The molecule has 18 heavy (non-hydrogen) atoms. The molecule has 0 saturated carbocycles. The second-order valence-electron chi connectivity index (χ2n) is 5.25. The Bertz CT molecular complexity index is 430. The number of aromatic hydroxyl groups is 1. The number of phenolic OH excluding ortho intramolecular Hbond substituents is 1. The Morgan fingerprint density at radius 1 is 1.39 bits per heavy atom. The molecule has 0 aliphatic carbocycles. The van der Waals surface area contributed by atoms with Crippen LogP contribution in [-0.4, -0.2) is 28.5 Å². The SMILES string of the molecule is CC1CCCN(C(=O)Cc2ccccc2O)C1C. The quantitative estimate of drug-likeness (QED) is 0.872. The van der Waals surface area contributed by atoms with Crippen LogP contribution in [-0.2, 0) is 11.2 Å². The minimum atomic E-state index is 0.121. The standard InChI is InChI=1S/C15H21NO2/c1-11-6-5-9-16(12(11)2)15(18)10-13-7-3-4-8-14(13)17/h3-4,7-8,11-12,17H,5-6,9-10H2,1-2H3. The van der Waals surface area contributed by atoms with Crippen LogP contribution in [0.4, 0.5) is 0 Å². The van der Waals surface area contributed by atoms with Gasteiger partial charge in [0.1, 0.15) is 5.75 Å². The molecule has 98 valence electrons. The van der Waals surface area contributed by atoms with Crippen LogP contribution in [0.1, 0.15) is 32.3 Å². The Morgan fingerprint density at radius 3 is 2.83 bits per heavy atom. The minimum absolute atomic E-state index is 0.121. The zero-order chi connectivity index (χ0) is 13.1. The van der Waals surface area contributed by atoms with E-state index in [1.165, 1.54) is 6.42 Å². The molecule has 1 heterocycles. The molecule has 1 saturated heterocycles. The van der Waals surface area contributed by atoms with Gasteiger partial charge in [-0.2, -0.15) is 0 Å². The summed E-state index contributed by atoms with van der Waals surface area (Å²) in [6, 6.07) is 7.37. The van der Waals surface area contributed by atoms with Crippen molar-refractivity contribution in [2.45, 2.75) is 39.2 Å². The predicted octanol–water partition coefficient (Wildman–Crippen LogP) is 2.58. The van der Waals surface area contributed by atoms with E-state index in [1.807, 2.05) is 17.0 Å². The first-order valence-corrected chi connectivity index (χ1v) is 6.66. The number of para-hydroxylation sites is 1. The highest BCUT2D eigenvalue weighted by atomic mass is 16.3. The number of amides is 1. The topological polar surface area (TPSA) is 40.5 Å². The van der Waals surface area contributed by atoms with Gasteiger partial charge in [0.2, 0.25) is 5.91 Å². The summed E-state index contributed by atoms with van der Waals surface area (Å²) in [6.07, 6.45) is 2.57. The molecule has 0 radical (unpaired) electrons. The molecule has 0 aromatic heterocycles. The number of phenols is 1. The monoisotopic (exact) mass is 247 g/mol. The van der Waals surface area contributed by atoms with E-state index in [4.69, 9.17) is 0 Å². The fraction of sp³-hybridized carbons (Fsp3) is 0.533. The number of likely N-dealkylation sites (tertiary alicyclic amines) is 1. The maximum Gasteiger partial charge on any atom is 0.227 e. The van der Waals surface area contributed by atoms with E-state index in [1.54, 1.807) is 12.1 Å². The van der Waals surface area contributed by atoms with Gasteiger partial charge < -0.3 is 10.0 Å². The largest absolute Gasteiger partial charge is 0.508 e. The van der Waals surface area contributed by atoms with Crippen LogP contribution in [0.3, 0.4) is 0 Å². The smallest absolute Gasteiger partial charge is 0.227 e. The average molecular weight is 247 g/mol. The molecule has 0 bridgehead atoms. The summed E-state index contributed by atoms with van der Waals surface area (Å²) in [4.78, 5) is 14.2. The molecule has 1 N–H and O–H groups in total.